The summed E-state index contributed by atoms with van der Waals surface area (Å²) in [5.74, 6) is -0.557. The van der Waals surface area contributed by atoms with Gasteiger partial charge in [-0.25, -0.2) is 5.01 Å². The lowest BCUT2D eigenvalue weighted by atomic mass is 10.2. The maximum atomic E-state index is 12.4. The van der Waals surface area contributed by atoms with Gasteiger partial charge in [-0.15, -0.1) is 0 Å². The quantitative estimate of drug-likeness (QED) is 0.627. The summed E-state index contributed by atoms with van der Waals surface area (Å²) in [4.78, 5) is 25.2. The van der Waals surface area contributed by atoms with Crippen LogP contribution in [0.25, 0.3) is 6.08 Å². The number of quaternary nitrogens is 1. The third kappa shape index (κ3) is 4.98. The average molecular weight is 303 g/mol. The van der Waals surface area contributed by atoms with Gasteiger partial charge in [-0.3, -0.25) is 15.0 Å². The molecule has 3 N–H and O–H groups in total. The van der Waals surface area contributed by atoms with Crippen LogP contribution < -0.4 is 15.6 Å². The zero-order valence-corrected chi connectivity index (χ0v) is 13.1. The zero-order chi connectivity index (χ0) is 15.9. The molecular formula is C16H23N4O2+. The molecule has 1 aliphatic heterocycles. The van der Waals surface area contributed by atoms with Crippen molar-refractivity contribution in [2.24, 2.45) is 0 Å². The van der Waals surface area contributed by atoms with Gasteiger partial charge >= 0.3 is 0 Å². The van der Waals surface area contributed by atoms with Crippen LogP contribution in [0.4, 0.5) is 0 Å². The number of carbonyl (C=O) groups excluding carboxylic acids is 2. The highest BCUT2D eigenvalue weighted by molar-refractivity contribution is 6.00. The number of hydrazine groups is 1. The molecule has 1 aliphatic rings. The van der Waals surface area contributed by atoms with E-state index in [0.29, 0.717) is 0 Å². The minimum Gasteiger partial charge on any atom is -0.335 e. The van der Waals surface area contributed by atoms with Gasteiger partial charge in [-0.05, 0) is 11.6 Å². The Bertz CT molecular complexity index is 549. The second kappa shape index (κ2) is 7.72. The van der Waals surface area contributed by atoms with Gasteiger partial charge in [0.2, 0.25) is 5.91 Å². The molecule has 2 amide bonds. The van der Waals surface area contributed by atoms with E-state index in [-0.39, 0.29) is 17.5 Å². The molecule has 0 aromatic heterocycles. The lowest BCUT2D eigenvalue weighted by molar-refractivity contribution is -0.884. The molecule has 0 aliphatic carbocycles. The van der Waals surface area contributed by atoms with Crippen molar-refractivity contribution in [3.05, 3.63) is 41.6 Å². The van der Waals surface area contributed by atoms with Crippen LogP contribution in [0, 0.1) is 0 Å². The molecule has 0 unspecified atom stereocenters. The minimum absolute atomic E-state index is 0.255. The van der Waals surface area contributed by atoms with Crippen LogP contribution in [-0.2, 0) is 9.59 Å². The SMILES string of the molecule is CC(=O)N/C(=C\c1ccccc1)C(=O)NN1CC[NH+](C)CC1. The normalized spacial score (nSPS) is 17.1. The van der Waals surface area contributed by atoms with E-state index in [9.17, 15) is 9.59 Å². The number of benzene rings is 1. The molecule has 0 saturated carbocycles. The predicted molar refractivity (Wildman–Crippen MR) is 84.6 cm³/mol. The van der Waals surface area contributed by atoms with Crippen molar-refractivity contribution in [1.82, 2.24) is 15.8 Å². The maximum Gasteiger partial charge on any atom is 0.282 e. The van der Waals surface area contributed by atoms with E-state index in [2.05, 4.69) is 17.8 Å². The molecule has 1 fully saturated rings. The summed E-state index contributed by atoms with van der Waals surface area (Å²) in [6, 6.07) is 9.45. The van der Waals surface area contributed by atoms with E-state index in [1.54, 1.807) is 6.08 Å². The van der Waals surface area contributed by atoms with Crippen LogP contribution in [0.5, 0.6) is 0 Å². The van der Waals surface area contributed by atoms with Gasteiger partial charge < -0.3 is 10.2 Å². The first kappa shape index (κ1) is 16.2. The molecule has 1 saturated heterocycles. The number of hydrogen-bond donors (Lipinski definition) is 3. The molecular weight excluding hydrogens is 280 g/mol. The smallest absolute Gasteiger partial charge is 0.282 e. The van der Waals surface area contributed by atoms with E-state index in [4.69, 9.17) is 0 Å². The zero-order valence-electron chi connectivity index (χ0n) is 13.1. The summed E-state index contributed by atoms with van der Waals surface area (Å²) >= 11 is 0. The van der Waals surface area contributed by atoms with Gasteiger partial charge in [0, 0.05) is 6.92 Å². The monoisotopic (exact) mass is 303 g/mol. The molecule has 1 aromatic rings. The molecule has 1 aromatic carbocycles. The number of nitrogens with zero attached hydrogens (tertiary/aromatic N) is 1. The average Bonchev–Trinajstić information content (AvgIpc) is 2.49. The molecule has 0 spiro atoms. The molecule has 6 heteroatoms. The third-order valence-corrected chi connectivity index (χ3v) is 3.54. The van der Waals surface area contributed by atoms with Crippen LogP contribution >= 0.6 is 0 Å². The lowest BCUT2D eigenvalue weighted by Gasteiger charge is -2.30. The molecule has 0 radical (unpaired) electrons. The summed E-state index contributed by atoms with van der Waals surface area (Å²) in [5.41, 5.74) is 3.98. The van der Waals surface area contributed by atoms with Gasteiger partial charge in [0.15, 0.2) is 0 Å². The number of amides is 2. The lowest BCUT2D eigenvalue weighted by Crippen LogP contribution is -3.12. The summed E-state index contributed by atoms with van der Waals surface area (Å²) in [7, 11) is 2.14. The van der Waals surface area contributed by atoms with Gasteiger partial charge in [-0.2, -0.15) is 0 Å². The summed E-state index contributed by atoms with van der Waals surface area (Å²) in [6.07, 6.45) is 1.68. The number of hydrogen-bond acceptors (Lipinski definition) is 3. The third-order valence-electron chi connectivity index (χ3n) is 3.54. The van der Waals surface area contributed by atoms with E-state index in [1.165, 1.54) is 11.8 Å². The van der Waals surface area contributed by atoms with E-state index >= 15 is 0 Å². The van der Waals surface area contributed by atoms with Crippen LogP contribution in [0.1, 0.15) is 12.5 Å². The Kier molecular flexibility index (Phi) is 5.68. The van der Waals surface area contributed by atoms with Gasteiger partial charge in [-0.1, -0.05) is 30.3 Å². The van der Waals surface area contributed by atoms with Crippen molar-refractivity contribution in [3.8, 4) is 0 Å². The number of piperazine rings is 1. The van der Waals surface area contributed by atoms with Crippen LogP contribution in [0.15, 0.2) is 36.0 Å². The van der Waals surface area contributed by atoms with Crippen molar-refractivity contribution < 1.29 is 14.5 Å². The van der Waals surface area contributed by atoms with Crippen molar-refractivity contribution in [2.75, 3.05) is 33.2 Å². The largest absolute Gasteiger partial charge is 0.335 e. The highest BCUT2D eigenvalue weighted by Crippen LogP contribution is 2.05. The fraction of sp³-hybridized carbons (Fsp3) is 0.375. The summed E-state index contributed by atoms with van der Waals surface area (Å²) < 4.78 is 0. The summed E-state index contributed by atoms with van der Waals surface area (Å²) in [5, 5.41) is 4.50. The van der Waals surface area contributed by atoms with Gasteiger partial charge in [0.25, 0.3) is 5.91 Å². The van der Waals surface area contributed by atoms with Crippen molar-refractivity contribution >= 4 is 17.9 Å². The molecule has 22 heavy (non-hydrogen) atoms. The van der Waals surface area contributed by atoms with Crippen molar-refractivity contribution in [2.45, 2.75) is 6.92 Å². The van der Waals surface area contributed by atoms with Crippen LogP contribution in [0.3, 0.4) is 0 Å². The first-order valence-corrected chi connectivity index (χ1v) is 7.46. The van der Waals surface area contributed by atoms with Crippen LogP contribution in [-0.4, -0.2) is 50.0 Å². The van der Waals surface area contributed by atoms with E-state index < -0.39 is 0 Å². The first-order valence-electron chi connectivity index (χ1n) is 7.46. The highest BCUT2D eigenvalue weighted by atomic mass is 16.2. The molecule has 118 valence electrons. The van der Waals surface area contributed by atoms with Crippen LogP contribution in [0.2, 0.25) is 0 Å². The van der Waals surface area contributed by atoms with E-state index in [0.717, 1.165) is 31.7 Å². The predicted octanol–water partition coefficient (Wildman–Crippen LogP) is -0.975. The Morgan fingerprint density at radius 1 is 1.18 bits per heavy atom. The molecule has 6 nitrogen and oxygen atoms in total. The second-order valence-electron chi connectivity index (χ2n) is 5.53. The minimum atomic E-state index is -0.293. The molecule has 0 atom stereocenters. The fourth-order valence-corrected chi connectivity index (χ4v) is 2.27. The molecule has 2 rings (SSSR count). The Hall–Kier alpha value is -2.18. The Morgan fingerprint density at radius 3 is 2.41 bits per heavy atom. The molecule has 0 bridgehead atoms. The fourth-order valence-electron chi connectivity index (χ4n) is 2.27. The topological polar surface area (TPSA) is 65.9 Å². The molecule has 1 heterocycles. The Balaban J connectivity index is 2.06. The van der Waals surface area contributed by atoms with E-state index in [1.807, 2.05) is 35.3 Å². The van der Waals surface area contributed by atoms with Gasteiger partial charge in [0.05, 0.1) is 33.2 Å². The van der Waals surface area contributed by atoms with Crippen molar-refractivity contribution in [3.63, 3.8) is 0 Å². The number of carbonyl (C=O) groups is 2. The summed E-state index contributed by atoms with van der Waals surface area (Å²) in [6.45, 7) is 4.97. The Labute approximate surface area is 130 Å². The standard InChI is InChI=1S/C16H22N4O2/c1-13(21)17-15(12-14-6-4-3-5-7-14)16(22)18-20-10-8-19(2)9-11-20/h3-7,12H,8-11H2,1-2H3,(H,17,21)(H,18,22)/p+1/b15-12-. The number of likely N-dealkylation sites (N-methyl/N-ethyl adjacent to an activating group) is 1. The van der Waals surface area contributed by atoms with Gasteiger partial charge in [0.1, 0.15) is 5.70 Å². The number of rotatable bonds is 4. The van der Waals surface area contributed by atoms with Crippen molar-refractivity contribution in [1.29, 1.82) is 0 Å². The Morgan fingerprint density at radius 2 is 1.82 bits per heavy atom. The second-order valence-corrected chi connectivity index (χ2v) is 5.53. The highest BCUT2D eigenvalue weighted by Gasteiger charge is 2.20. The maximum absolute atomic E-state index is 12.4. The first-order chi connectivity index (χ1) is 10.5. The number of nitrogens with one attached hydrogen (secondary N) is 3.